The van der Waals surface area contributed by atoms with Crippen molar-refractivity contribution in [1.82, 2.24) is 5.16 Å². The molecule has 0 aliphatic carbocycles. The molecule has 0 atom stereocenters. The van der Waals surface area contributed by atoms with Gasteiger partial charge in [0, 0.05) is 0 Å². The second-order valence-corrected chi connectivity index (χ2v) is 4.14. The van der Waals surface area contributed by atoms with Gasteiger partial charge in [0.1, 0.15) is 17.9 Å². The van der Waals surface area contributed by atoms with Crippen LogP contribution in [0.2, 0.25) is 0 Å². The molecular formula is C13H13N3O4. The molecule has 0 bridgehead atoms. The summed E-state index contributed by atoms with van der Waals surface area (Å²) in [4.78, 5) is 24.5. The third kappa shape index (κ3) is 2.61. The number of aliphatic carboxylic acids is 1. The van der Waals surface area contributed by atoms with Crippen molar-refractivity contribution in [2.75, 3.05) is 17.2 Å². The Labute approximate surface area is 114 Å². The van der Waals surface area contributed by atoms with E-state index in [1.54, 1.807) is 31.2 Å². The van der Waals surface area contributed by atoms with Crippen LogP contribution in [-0.2, 0) is 4.79 Å². The molecule has 0 spiro atoms. The summed E-state index contributed by atoms with van der Waals surface area (Å²) in [6.07, 6.45) is 1.26. The Bertz CT molecular complexity index is 651. The molecule has 1 aromatic heterocycles. The maximum absolute atomic E-state index is 12.4. The maximum atomic E-state index is 12.4. The van der Waals surface area contributed by atoms with Crippen LogP contribution in [0.1, 0.15) is 16.1 Å². The highest BCUT2D eigenvalue weighted by Crippen LogP contribution is 2.24. The number of amides is 1. The zero-order valence-corrected chi connectivity index (χ0v) is 10.7. The standard InChI is InChI=1S/C13H13N3O4/c1-8-9(6-15-20-8)13(19)16(7-12(17)18)11-5-3-2-4-10(11)14/h2-6H,7,14H2,1H3,(H,17,18). The Balaban J connectivity index is 2.43. The minimum atomic E-state index is -1.14. The van der Waals surface area contributed by atoms with Gasteiger partial charge in [-0.2, -0.15) is 0 Å². The summed E-state index contributed by atoms with van der Waals surface area (Å²) in [5.41, 5.74) is 6.65. The number of nitrogens with two attached hydrogens (primary N) is 1. The third-order valence-corrected chi connectivity index (χ3v) is 2.75. The van der Waals surface area contributed by atoms with Crippen molar-refractivity contribution in [3.8, 4) is 0 Å². The summed E-state index contributed by atoms with van der Waals surface area (Å²) in [6.45, 7) is 1.07. The number of benzene rings is 1. The van der Waals surface area contributed by atoms with Crippen molar-refractivity contribution in [2.24, 2.45) is 0 Å². The van der Waals surface area contributed by atoms with Gasteiger partial charge in [0.15, 0.2) is 0 Å². The first kappa shape index (κ1) is 13.6. The van der Waals surface area contributed by atoms with Crippen LogP contribution in [0, 0.1) is 6.92 Å². The van der Waals surface area contributed by atoms with E-state index in [0.717, 1.165) is 4.90 Å². The predicted octanol–water partition coefficient (Wildman–Crippen LogP) is 1.30. The van der Waals surface area contributed by atoms with Crippen LogP contribution in [-0.4, -0.2) is 28.7 Å². The molecule has 0 aliphatic rings. The summed E-state index contributed by atoms with van der Waals surface area (Å²) in [6, 6.07) is 6.55. The number of nitrogen functional groups attached to an aromatic ring is 1. The molecule has 2 rings (SSSR count). The van der Waals surface area contributed by atoms with Gasteiger partial charge in [0.2, 0.25) is 0 Å². The van der Waals surface area contributed by atoms with Gasteiger partial charge in [-0.1, -0.05) is 17.3 Å². The average Bonchev–Trinajstić information content (AvgIpc) is 2.82. The molecule has 104 valence electrons. The first-order valence-corrected chi connectivity index (χ1v) is 5.80. The van der Waals surface area contributed by atoms with E-state index in [2.05, 4.69) is 5.16 Å². The SMILES string of the molecule is Cc1oncc1C(=O)N(CC(=O)O)c1ccccc1N. The Morgan fingerprint density at radius 1 is 1.40 bits per heavy atom. The number of carbonyl (C=O) groups excluding carboxylic acids is 1. The molecule has 2 aromatic rings. The minimum absolute atomic E-state index is 0.203. The number of rotatable bonds is 4. The van der Waals surface area contributed by atoms with Gasteiger partial charge in [0.25, 0.3) is 5.91 Å². The molecule has 0 aliphatic heterocycles. The van der Waals surface area contributed by atoms with E-state index in [1.165, 1.54) is 6.20 Å². The lowest BCUT2D eigenvalue weighted by Gasteiger charge is -2.21. The van der Waals surface area contributed by atoms with Crippen LogP contribution in [0.3, 0.4) is 0 Å². The molecule has 0 radical (unpaired) electrons. The number of carbonyl (C=O) groups is 2. The van der Waals surface area contributed by atoms with E-state index < -0.39 is 18.4 Å². The summed E-state index contributed by atoms with van der Waals surface area (Å²) in [5.74, 6) is -1.35. The summed E-state index contributed by atoms with van der Waals surface area (Å²) in [7, 11) is 0. The second-order valence-electron chi connectivity index (χ2n) is 4.14. The van der Waals surface area contributed by atoms with Crippen molar-refractivity contribution in [3.05, 3.63) is 41.8 Å². The van der Waals surface area contributed by atoms with E-state index in [1.807, 2.05) is 0 Å². The van der Waals surface area contributed by atoms with E-state index in [0.29, 0.717) is 17.1 Å². The van der Waals surface area contributed by atoms with Crippen LogP contribution >= 0.6 is 0 Å². The number of anilines is 2. The number of para-hydroxylation sites is 2. The number of carboxylic acids is 1. The van der Waals surface area contributed by atoms with Crippen LogP contribution in [0.5, 0.6) is 0 Å². The topological polar surface area (TPSA) is 110 Å². The maximum Gasteiger partial charge on any atom is 0.323 e. The lowest BCUT2D eigenvalue weighted by Crippen LogP contribution is -2.36. The van der Waals surface area contributed by atoms with Gasteiger partial charge in [0.05, 0.1) is 17.6 Å². The van der Waals surface area contributed by atoms with Gasteiger partial charge in [-0.3, -0.25) is 14.5 Å². The van der Waals surface area contributed by atoms with Crippen LogP contribution in [0.25, 0.3) is 0 Å². The second kappa shape index (κ2) is 5.43. The van der Waals surface area contributed by atoms with Crippen LogP contribution < -0.4 is 10.6 Å². The number of nitrogens with zero attached hydrogens (tertiary/aromatic N) is 2. The number of aromatic nitrogens is 1. The smallest absolute Gasteiger partial charge is 0.323 e. The Kier molecular flexibility index (Phi) is 3.69. The highest BCUT2D eigenvalue weighted by molar-refractivity contribution is 6.09. The molecule has 1 heterocycles. The van der Waals surface area contributed by atoms with Crippen LogP contribution in [0.4, 0.5) is 11.4 Å². The molecule has 0 saturated heterocycles. The Morgan fingerprint density at radius 2 is 2.10 bits per heavy atom. The largest absolute Gasteiger partial charge is 0.480 e. The van der Waals surface area contributed by atoms with E-state index in [9.17, 15) is 9.59 Å². The van der Waals surface area contributed by atoms with Crippen molar-refractivity contribution < 1.29 is 19.2 Å². The average molecular weight is 275 g/mol. The molecule has 7 nitrogen and oxygen atoms in total. The molecule has 7 heteroatoms. The Morgan fingerprint density at radius 3 is 2.65 bits per heavy atom. The zero-order valence-electron chi connectivity index (χ0n) is 10.7. The number of aryl methyl sites for hydroxylation is 1. The van der Waals surface area contributed by atoms with Crippen molar-refractivity contribution in [2.45, 2.75) is 6.92 Å². The molecule has 20 heavy (non-hydrogen) atoms. The van der Waals surface area contributed by atoms with E-state index in [4.69, 9.17) is 15.4 Å². The first-order chi connectivity index (χ1) is 9.50. The van der Waals surface area contributed by atoms with Crippen molar-refractivity contribution >= 4 is 23.3 Å². The highest BCUT2D eigenvalue weighted by atomic mass is 16.5. The zero-order chi connectivity index (χ0) is 14.7. The summed E-state index contributed by atoms with van der Waals surface area (Å²) >= 11 is 0. The molecule has 0 fully saturated rings. The van der Waals surface area contributed by atoms with Gasteiger partial charge >= 0.3 is 5.97 Å². The lowest BCUT2D eigenvalue weighted by molar-refractivity contribution is -0.135. The molecular weight excluding hydrogens is 262 g/mol. The van der Waals surface area contributed by atoms with Gasteiger partial charge < -0.3 is 15.4 Å². The molecule has 0 saturated carbocycles. The third-order valence-electron chi connectivity index (χ3n) is 2.75. The fraction of sp³-hybridized carbons (Fsp3) is 0.154. The quantitative estimate of drug-likeness (QED) is 0.814. The van der Waals surface area contributed by atoms with E-state index in [-0.39, 0.29) is 5.56 Å². The fourth-order valence-corrected chi connectivity index (χ4v) is 1.78. The minimum Gasteiger partial charge on any atom is -0.480 e. The van der Waals surface area contributed by atoms with E-state index >= 15 is 0 Å². The van der Waals surface area contributed by atoms with Gasteiger partial charge in [-0.15, -0.1) is 0 Å². The predicted molar refractivity (Wildman–Crippen MR) is 71.4 cm³/mol. The molecule has 1 amide bonds. The number of hydrogen-bond donors (Lipinski definition) is 2. The fourth-order valence-electron chi connectivity index (χ4n) is 1.78. The first-order valence-electron chi connectivity index (χ1n) is 5.80. The number of carboxylic acid groups (broad SMARTS) is 1. The summed E-state index contributed by atoms with van der Waals surface area (Å²) in [5, 5.41) is 12.5. The molecule has 1 aromatic carbocycles. The Hall–Kier alpha value is -2.83. The normalized spacial score (nSPS) is 10.2. The van der Waals surface area contributed by atoms with Crippen molar-refractivity contribution in [1.29, 1.82) is 0 Å². The summed E-state index contributed by atoms with van der Waals surface area (Å²) < 4.78 is 4.83. The molecule has 3 N–H and O–H groups in total. The lowest BCUT2D eigenvalue weighted by atomic mass is 10.2. The van der Waals surface area contributed by atoms with Gasteiger partial charge in [-0.05, 0) is 19.1 Å². The monoisotopic (exact) mass is 275 g/mol. The van der Waals surface area contributed by atoms with Gasteiger partial charge in [-0.25, -0.2) is 0 Å². The van der Waals surface area contributed by atoms with Crippen LogP contribution in [0.15, 0.2) is 35.0 Å². The highest BCUT2D eigenvalue weighted by Gasteiger charge is 2.25. The number of hydrogen-bond acceptors (Lipinski definition) is 5. The molecule has 0 unspecified atom stereocenters. The van der Waals surface area contributed by atoms with Crippen molar-refractivity contribution in [3.63, 3.8) is 0 Å².